The molecule has 1 N–H and O–H groups in total. The molecule has 1 aromatic carbocycles. The Balaban J connectivity index is 2.74. The van der Waals surface area contributed by atoms with Crippen LogP contribution in [0.2, 0.25) is 5.02 Å². The summed E-state index contributed by atoms with van der Waals surface area (Å²) < 4.78 is 25.3. The molecule has 0 spiro atoms. The van der Waals surface area contributed by atoms with Gasteiger partial charge in [-0.1, -0.05) is 35.1 Å². The molecule has 0 atom stereocenters. The van der Waals surface area contributed by atoms with E-state index in [0.717, 1.165) is 11.3 Å². The molecule has 0 aliphatic carbocycles. The number of halogens is 3. The van der Waals surface area contributed by atoms with E-state index < -0.39 is 6.43 Å². The molecule has 2 rings (SSSR count). The van der Waals surface area contributed by atoms with Gasteiger partial charge in [0.05, 0.1) is 9.72 Å². The van der Waals surface area contributed by atoms with Crippen molar-refractivity contribution in [3.63, 3.8) is 0 Å². The molecule has 0 saturated heterocycles. The highest BCUT2D eigenvalue weighted by molar-refractivity contribution is 7.21. The van der Waals surface area contributed by atoms with Crippen molar-refractivity contribution in [3.8, 4) is 5.06 Å². The summed E-state index contributed by atoms with van der Waals surface area (Å²) in [5, 5.41) is 9.97. The molecule has 0 aliphatic heterocycles. The topological polar surface area (TPSA) is 20.2 Å². The summed E-state index contributed by atoms with van der Waals surface area (Å²) in [7, 11) is 0. The molecule has 0 radical (unpaired) electrons. The Morgan fingerprint density at radius 3 is 2.71 bits per heavy atom. The van der Waals surface area contributed by atoms with Crippen molar-refractivity contribution in [2.75, 3.05) is 0 Å². The van der Waals surface area contributed by atoms with Gasteiger partial charge >= 0.3 is 0 Å². The van der Waals surface area contributed by atoms with Crippen LogP contribution in [0.15, 0.2) is 18.2 Å². The van der Waals surface area contributed by atoms with E-state index in [1.807, 2.05) is 0 Å². The molecule has 0 amide bonds. The summed E-state index contributed by atoms with van der Waals surface area (Å²) in [5.41, 5.74) is -0.194. The van der Waals surface area contributed by atoms with Gasteiger partial charge in [-0.25, -0.2) is 8.78 Å². The number of fused-ring (bicyclic) bond motifs is 1. The van der Waals surface area contributed by atoms with E-state index in [1.54, 1.807) is 0 Å². The maximum Gasteiger partial charge on any atom is 0.265 e. The number of hydrogen-bond acceptors (Lipinski definition) is 2. The molecule has 2 aromatic rings. The first-order valence-corrected chi connectivity index (χ1v) is 4.98. The number of thiophene rings is 1. The third kappa shape index (κ3) is 1.44. The average molecular weight is 235 g/mol. The highest BCUT2D eigenvalue weighted by Crippen LogP contribution is 2.39. The lowest BCUT2D eigenvalue weighted by Gasteiger charge is -2.02. The zero-order valence-corrected chi connectivity index (χ0v) is 8.37. The van der Waals surface area contributed by atoms with Crippen LogP contribution in [0.3, 0.4) is 0 Å². The van der Waals surface area contributed by atoms with Crippen molar-refractivity contribution in [2.24, 2.45) is 0 Å². The standard InChI is InChI=1S/C9H5ClF2OS/c10-7-5(9(11)12)2-1-4-3-6(13)14-8(4)7/h1-3,9,13H. The normalized spacial score (nSPS) is 11.4. The Morgan fingerprint density at radius 1 is 1.36 bits per heavy atom. The third-order valence-electron chi connectivity index (χ3n) is 1.88. The first-order chi connectivity index (χ1) is 6.59. The van der Waals surface area contributed by atoms with E-state index in [9.17, 15) is 13.9 Å². The number of benzene rings is 1. The van der Waals surface area contributed by atoms with Gasteiger partial charge in [-0.15, -0.1) is 0 Å². The molecular weight excluding hydrogens is 230 g/mol. The average Bonchev–Trinajstić information content (AvgIpc) is 2.46. The molecule has 0 fully saturated rings. The zero-order chi connectivity index (χ0) is 10.3. The fourth-order valence-corrected chi connectivity index (χ4v) is 2.46. The van der Waals surface area contributed by atoms with Crippen LogP contribution in [-0.4, -0.2) is 5.11 Å². The van der Waals surface area contributed by atoms with Crippen molar-refractivity contribution in [2.45, 2.75) is 6.43 Å². The van der Waals surface area contributed by atoms with E-state index >= 15 is 0 Å². The van der Waals surface area contributed by atoms with Crippen molar-refractivity contribution >= 4 is 33.0 Å². The summed E-state index contributed by atoms with van der Waals surface area (Å²) in [6.07, 6.45) is -2.59. The molecule has 0 unspecified atom stereocenters. The predicted molar refractivity (Wildman–Crippen MR) is 53.5 cm³/mol. The molecular formula is C9H5ClF2OS. The number of hydrogen-bond donors (Lipinski definition) is 1. The Bertz CT molecular complexity index is 481. The van der Waals surface area contributed by atoms with Gasteiger partial charge in [0.1, 0.15) is 0 Å². The Morgan fingerprint density at radius 2 is 2.07 bits per heavy atom. The number of rotatable bonds is 1. The zero-order valence-electron chi connectivity index (χ0n) is 6.80. The van der Waals surface area contributed by atoms with E-state index in [0.29, 0.717) is 10.1 Å². The number of alkyl halides is 2. The third-order valence-corrected chi connectivity index (χ3v) is 3.37. The summed E-state index contributed by atoms with van der Waals surface area (Å²) in [6.45, 7) is 0. The fraction of sp³-hybridized carbons (Fsp3) is 0.111. The maximum absolute atomic E-state index is 12.4. The van der Waals surface area contributed by atoms with Crippen LogP contribution in [-0.2, 0) is 0 Å². The highest BCUT2D eigenvalue weighted by Gasteiger charge is 2.15. The number of aromatic hydroxyl groups is 1. The second-order valence-electron chi connectivity index (χ2n) is 2.77. The maximum atomic E-state index is 12.4. The summed E-state index contributed by atoms with van der Waals surface area (Å²) >= 11 is 6.77. The Labute approximate surface area is 87.5 Å². The van der Waals surface area contributed by atoms with Crippen LogP contribution in [0, 0.1) is 0 Å². The van der Waals surface area contributed by atoms with Gasteiger partial charge in [-0.05, 0) is 11.5 Å². The van der Waals surface area contributed by atoms with Crippen LogP contribution in [0.1, 0.15) is 12.0 Å². The van der Waals surface area contributed by atoms with Gasteiger partial charge in [0, 0.05) is 5.56 Å². The SMILES string of the molecule is Oc1cc2ccc(C(F)F)c(Cl)c2s1. The molecule has 74 valence electrons. The van der Waals surface area contributed by atoms with Gasteiger partial charge < -0.3 is 5.11 Å². The lowest BCUT2D eigenvalue weighted by Crippen LogP contribution is -1.84. The molecule has 1 aromatic heterocycles. The van der Waals surface area contributed by atoms with Crippen molar-refractivity contribution in [1.29, 1.82) is 0 Å². The lowest BCUT2D eigenvalue weighted by atomic mass is 10.2. The van der Waals surface area contributed by atoms with Gasteiger partial charge in [-0.2, -0.15) is 0 Å². The van der Waals surface area contributed by atoms with Gasteiger partial charge in [0.25, 0.3) is 6.43 Å². The largest absolute Gasteiger partial charge is 0.499 e. The molecule has 1 nitrogen and oxygen atoms in total. The lowest BCUT2D eigenvalue weighted by molar-refractivity contribution is 0.151. The van der Waals surface area contributed by atoms with Crippen LogP contribution in [0.5, 0.6) is 5.06 Å². The molecule has 0 aliphatic rings. The minimum Gasteiger partial charge on any atom is -0.499 e. The van der Waals surface area contributed by atoms with Gasteiger partial charge in [-0.3, -0.25) is 0 Å². The Kier molecular flexibility index (Phi) is 2.33. The van der Waals surface area contributed by atoms with Crippen molar-refractivity contribution in [1.82, 2.24) is 0 Å². The predicted octanol–water partition coefficient (Wildman–Crippen LogP) is 4.20. The minimum absolute atomic E-state index is 0.0304. The second-order valence-corrected chi connectivity index (χ2v) is 4.18. The fourth-order valence-electron chi connectivity index (χ4n) is 1.24. The molecule has 1 heterocycles. The molecule has 5 heteroatoms. The van der Waals surface area contributed by atoms with E-state index in [-0.39, 0.29) is 15.6 Å². The van der Waals surface area contributed by atoms with Crippen LogP contribution >= 0.6 is 22.9 Å². The minimum atomic E-state index is -2.59. The highest BCUT2D eigenvalue weighted by atomic mass is 35.5. The summed E-state index contributed by atoms with van der Waals surface area (Å²) in [5.74, 6) is 0. The Hall–Kier alpha value is -0.870. The molecule has 0 bridgehead atoms. The summed E-state index contributed by atoms with van der Waals surface area (Å²) in [6, 6.07) is 4.31. The van der Waals surface area contributed by atoms with Crippen molar-refractivity contribution < 1.29 is 13.9 Å². The summed E-state index contributed by atoms with van der Waals surface area (Å²) in [4.78, 5) is 0. The van der Waals surface area contributed by atoms with E-state index in [2.05, 4.69) is 0 Å². The van der Waals surface area contributed by atoms with Gasteiger partial charge in [0.2, 0.25) is 0 Å². The smallest absolute Gasteiger partial charge is 0.265 e. The molecule has 0 saturated carbocycles. The van der Waals surface area contributed by atoms with Gasteiger partial charge in [0.15, 0.2) is 5.06 Å². The van der Waals surface area contributed by atoms with Crippen molar-refractivity contribution in [3.05, 3.63) is 28.8 Å². The first kappa shape index (κ1) is 9.68. The monoisotopic (exact) mass is 234 g/mol. The van der Waals surface area contributed by atoms with Crippen LogP contribution in [0.25, 0.3) is 10.1 Å². The second kappa shape index (κ2) is 3.37. The van der Waals surface area contributed by atoms with E-state index in [1.165, 1.54) is 18.2 Å². The van der Waals surface area contributed by atoms with Crippen LogP contribution < -0.4 is 0 Å². The van der Waals surface area contributed by atoms with Crippen LogP contribution in [0.4, 0.5) is 8.78 Å². The quantitative estimate of drug-likeness (QED) is 0.784. The van der Waals surface area contributed by atoms with E-state index in [4.69, 9.17) is 11.6 Å². The first-order valence-electron chi connectivity index (χ1n) is 3.78. The molecule has 14 heavy (non-hydrogen) atoms.